The molecule has 24 heavy (non-hydrogen) atoms. The fourth-order valence-electron chi connectivity index (χ4n) is 2.86. The molecular formula is C17H20N4O3. The minimum absolute atomic E-state index is 0.400. The summed E-state index contributed by atoms with van der Waals surface area (Å²) in [7, 11) is 0. The van der Waals surface area contributed by atoms with Gasteiger partial charge in [-0.3, -0.25) is 4.98 Å². The summed E-state index contributed by atoms with van der Waals surface area (Å²) in [6, 6.07) is 1.94. The van der Waals surface area contributed by atoms with Crippen molar-refractivity contribution in [2.75, 3.05) is 19.8 Å². The second-order valence-corrected chi connectivity index (χ2v) is 7.21. The van der Waals surface area contributed by atoms with Crippen molar-refractivity contribution >= 4 is 0 Å². The molecule has 0 amide bonds. The molecule has 0 spiro atoms. The molecule has 0 bridgehead atoms. The average molecular weight is 328 g/mol. The van der Waals surface area contributed by atoms with Gasteiger partial charge in [0.15, 0.2) is 0 Å². The quantitative estimate of drug-likeness (QED) is 0.866. The van der Waals surface area contributed by atoms with Gasteiger partial charge in [0.05, 0.1) is 19.8 Å². The average Bonchev–Trinajstić information content (AvgIpc) is 3.49. The number of hydrogen-bond donors (Lipinski definition) is 1. The predicted octanol–water partition coefficient (Wildman–Crippen LogP) is 1.98. The summed E-state index contributed by atoms with van der Waals surface area (Å²) in [5.74, 6) is 3.05. The molecule has 3 fully saturated rings. The maximum atomic E-state index is 6.14. The molecule has 5 rings (SSSR count). The second kappa shape index (κ2) is 5.26. The third-order valence-electron chi connectivity index (χ3n) is 4.88. The molecule has 2 aromatic rings. The normalized spacial score (nSPS) is 22.2. The van der Waals surface area contributed by atoms with Crippen LogP contribution in [0.4, 0.5) is 0 Å². The topological polar surface area (TPSA) is 96.3 Å². The predicted molar refractivity (Wildman–Crippen MR) is 84.4 cm³/mol. The smallest absolute Gasteiger partial charge is 0.251 e. The van der Waals surface area contributed by atoms with Crippen molar-refractivity contribution in [1.29, 1.82) is 0 Å². The molecule has 3 heterocycles. The van der Waals surface area contributed by atoms with E-state index in [0.29, 0.717) is 42.5 Å². The van der Waals surface area contributed by atoms with Gasteiger partial charge in [-0.1, -0.05) is 5.16 Å². The Morgan fingerprint density at radius 3 is 2.75 bits per heavy atom. The Labute approximate surface area is 139 Å². The zero-order valence-corrected chi connectivity index (χ0v) is 13.4. The zero-order valence-electron chi connectivity index (χ0n) is 13.4. The molecule has 7 heteroatoms. The summed E-state index contributed by atoms with van der Waals surface area (Å²) < 4.78 is 16.5. The Kier molecular flexibility index (Phi) is 3.14. The number of pyridine rings is 1. The van der Waals surface area contributed by atoms with Crippen LogP contribution in [0.5, 0.6) is 5.75 Å². The number of aromatic nitrogens is 3. The summed E-state index contributed by atoms with van der Waals surface area (Å²) in [5, 5.41) is 4.03. The van der Waals surface area contributed by atoms with Crippen LogP contribution >= 0.6 is 0 Å². The summed E-state index contributed by atoms with van der Waals surface area (Å²) in [6.07, 6.45) is 6.86. The second-order valence-electron chi connectivity index (χ2n) is 7.21. The van der Waals surface area contributed by atoms with Crippen molar-refractivity contribution in [1.82, 2.24) is 15.1 Å². The number of nitrogens with two attached hydrogens (primary N) is 1. The first kappa shape index (κ1) is 14.4. The van der Waals surface area contributed by atoms with E-state index < -0.39 is 5.54 Å². The van der Waals surface area contributed by atoms with Gasteiger partial charge in [-0.25, -0.2) is 0 Å². The number of hydrogen-bond acceptors (Lipinski definition) is 7. The molecule has 0 aromatic carbocycles. The Morgan fingerprint density at radius 2 is 2.08 bits per heavy atom. The Morgan fingerprint density at radius 1 is 1.25 bits per heavy atom. The third-order valence-corrected chi connectivity index (χ3v) is 4.88. The first-order valence-corrected chi connectivity index (χ1v) is 8.55. The number of rotatable bonds is 6. The van der Waals surface area contributed by atoms with Gasteiger partial charge in [-0.15, -0.1) is 0 Å². The van der Waals surface area contributed by atoms with Crippen molar-refractivity contribution < 1.29 is 14.0 Å². The highest BCUT2D eigenvalue weighted by Crippen LogP contribution is 2.45. The van der Waals surface area contributed by atoms with E-state index in [1.165, 1.54) is 31.2 Å². The fourth-order valence-corrected chi connectivity index (χ4v) is 2.86. The number of nitrogens with zero attached hydrogens (tertiary/aromatic N) is 3. The molecular weight excluding hydrogens is 308 g/mol. The van der Waals surface area contributed by atoms with Crippen LogP contribution in [0.1, 0.15) is 43.1 Å². The summed E-state index contributed by atoms with van der Waals surface area (Å²) in [6.45, 7) is 1.58. The van der Waals surface area contributed by atoms with Crippen LogP contribution in [0, 0.1) is 5.92 Å². The van der Waals surface area contributed by atoms with Gasteiger partial charge in [-0.05, 0) is 37.5 Å². The Bertz CT molecular complexity index is 763. The van der Waals surface area contributed by atoms with Crippen molar-refractivity contribution in [2.45, 2.75) is 37.1 Å². The lowest BCUT2D eigenvalue weighted by Crippen LogP contribution is -2.54. The van der Waals surface area contributed by atoms with Gasteiger partial charge < -0.3 is 19.7 Å². The lowest BCUT2D eigenvalue weighted by Gasteiger charge is -2.33. The van der Waals surface area contributed by atoms with Crippen LogP contribution in [0.15, 0.2) is 16.8 Å². The Hall–Kier alpha value is -1.99. The van der Waals surface area contributed by atoms with Gasteiger partial charge in [0.1, 0.15) is 17.0 Å². The highest BCUT2D eigenvalue weighted by Gasteiger charge is 2.42. The van der Waals surface area contributed by atoms with Crippen LogP contribution < -0.4 is 10.5 Å². The van der Waals surface area contributed by atoms with Crippen molar-refractivity contribution in [3.05, 3.63) is 23.7 Å². The molecule has 7 nitrogen and oxygen atoms in total. The molecule has 2 saturated carbocycles. The largest absolute Gasteiger partial charge is 0.493 e. The van der Waals surface area contributed by atoms with E-state index in [4.69, 9.17) is 19.7 Å². The molecule has 2 aromatic heterocycles. The zero-order chi connectivity index (χ0) is 16.1. The molecule has 0 unspecified atom stereocenters. The van der Waals surface area contributed by atoms with Crippen LogP contribution in [0.2, 0.25) is 0 Å². The minimum atomic E-state index is -0.662. The highest BCUT2D eigenvalue weighted by atomic mass is 16.5. The van der Waals surface area contributed by atoms with E-state index in [1.807, 2.05) is 12.3 Å². The van der Waals surface area contributed by atoms with Crippen molar-refractivity contribution in [3.8, 4) is 17.3 Å². The van der Waals surface area contributed by atoms with Gasteiger partial charge in [0, 0.05) is 17.8 Å². The first-order valence-electron chi connectivity index (χ1n) is 8.55. The molecule has 3 aliphatic rings. The fraction of sp³-hybridized carbons (Fsp3) is 0.588. The van der Waals surface area contributed by atoms with E-state index in [9.17, 15) is 0 Å². The minimum Gasteiger partial charge on any atom is -0.493 e. The molecule has 1 aliphatic heterocycles. The maximum Gasteiger partial charge on any atom is 0.251 e. The summed E-state index contributed by atoms with van der Waals surface area (Å²) in [4.78, 5) is 8.93. The molecule has 126 valence electrons. The van der Waals surface area contributed by atoms with E-state index in [2.05, 4.69) is 15.1 Å². The van der Waals surface area contributed by atoms with Gasteiger partial charge in [0.25, 0.3) is 5.89 Å². The highest BCUT2D eigenvalue weighted by molar-refractivity contribution is 5.54. The van der Waals surface area contributed by atoms with E-state index >= 15 is 0 Å². The molecule has 0 radical (unpaired) electrons. The van der Waals surface area contributed by atoms with Gasteiger partial charge >= 0.3 is 0 Å². The standard InChI is InChI=1S/C17H20N4O3/c18-17(8-22-9-17)16-20-15(21-24-16)13-5-14(23-7-10-1-2-10)12(6-19-13)11-3-4-11/h5-6,10-11H,1-4,7-9,18H2. The van der Waals surface area contributed by atoms with Crippen LogP contribution in [-0.4, -0.2) is 34.9 Å². The summed E-state index contributed by atoms with van der Waals surface area (Å²) >= 11 is 0. The monoisotopic (exact) mass is 328 g/mol. The molecule has 2 aliphatic carbocycles. The van der Waals surface area contributed by atoms with Crippen LogP contribution in [0.25, 0.3) is 11.5 Å². The van der Waals surface area contributed by atoms with Crippen molar-refractivity contribution in [3.63, 3.8) is 0 Å². The van der Waals surface area contributed by atoms with E-state index in [0.717, 1.165) is 12.4 Å². The first-order chi connectivity index (χ1) is 11.7. The Balaban J connectivity index is 1.43. The van der Waals surface area contributed by atoms with Crippen LogP contribution in [-0.2, 0) is 10.3 Å². The number of ether oxygens (including phenoxy) is 2. The molecule has 0 atom stereocenters. The lowest BCUT2D eigenvalue weighted by atomic mass is 9.99. The van der Waals surface area contributed by atoms with Crippen LogP contribution in [0.3, 0.4) is 0 Å². The van der Waals surface area contributed by atoms with E-state index in [-0.39, 0.29) is 0 Å². The van der Waals surface area contributed by atoms with E-state index in [1.54, 1.807) is 0 Å². The molecule has 2 N–H and O–H groups in total. The lowest BCUT2D eigenvalue weighted by molar-refractivity contribution is -0.0714. The third kappa shape index (κ3) is 2.57. The SMILES string of the molecule is NC1(c2nc(-c3cc(OCC4CC4)c(C4CC4)cn3)no2)COC1. The van der Waals surface area contributed by atoms with Crippen molar-refractivity contribution in [2.24, 2.45) is 11.7 Å². The molecule has 1 saturated heterocycles. The van der Waals surface area contributed by atoms with Gasteiger partial charge in [0.2, 0.25) is 5.82 Å². The van der Waals surface area contributed by atoms with Gasteiger partial charge in [-0.2, -0.15) is 4.98 Å². The summed E-state index contributed by atoms with van der Waals surface area (Å²) in [5.41, 5.74) is 7.33. The maximum absolute atomic E-state index is 6.14.